The number of benzene rings is 1. The van der Waals surface area contributed by atoms with Crippen LogP contribution >= 0.6 is 0 Å². The number of carboxylic acids is 1. The van der Waals surface area contributed by atoms with Crippen molar-refractivity contribution in [2.45, 2.75) is 19.9 Å². The minimum absolute atomic E-state index is 0.0100. The van der Waals surface area contributed by atoms with E-state index in [1.165, 1.54) is 12.1 Å². The van der Waals surface area contributed by atoms with Crippen LogP contribution in [0.15, 0.2) is 24.3 Å². The summed E-state index contributed by atoms with van der Waals surface area (Å²) < 4.78 is 1.08. The molecule has 2 N–H and O–H groups in total. The van der Waals surface area contributed by atoms with E-state index in [2.05, 4.69) is 0 Å². The Bertz CT molecular complexity index is 379. The van der Waals surface area contributed by atoms with Gasteiger partial charge in [0.25, 0.3) is 0 Å². The van der Waals surface area contributed by atoms with Gasteiger partial charge < -0.3 is 5.11 Å². The number of hydrogen-bond acceptors (Lipinski definition) is 2. The summed E-state index contributed by atoms with van der Waals surface area (Å²) in [6.07, 6.45) is 1.55. The molecule has 0 aliphatic carbocycles. The number of aromatic carboxylic acids is 1. The highest BCUT2D eigenvalue weighted by atomic mass is 16.5. The van der Waals surface area contributed by atoms with Crippen LogP contribution in [0.3, 0.4) is 0 Å². The van der Waals surface area contributed by atoms with Crippen molar-refractivity contribution in [3.05, 3.63) is 35.4 Å². The molecular formula is C11H14NO3+. The van der Waals surface area contributed by atoms with Crippen LogP contribution in [0.2, 0.25) is 0 Å². The Kier molecular flexibility index (Phi) is 3.44. The number of nitrogens with zero attached hydrogens (tertiary/aromatic N) is 1. The Morgan fingerprint density at radius 2 is 1.87 bits per heavy atom. The van der Waals surface area contributed by atoms with E-state index >= 15 is 0 Å². The van der Waals surface area contributed by atoms with Crippen molar-refractivity contribution in [1.82, 2.24) is 0 Å². The molecular weight excluding hydrogens is 194 g/mol. The number of carbonyl (C=O) groups is 1. The monoisotopic (exact) mass is 208 g/mol. The lowest BCUT2D eigenvalue weighted by atomic mass is 10.1. The quantitative estimate of drug-likeness (QED) is 0.343. The van der Waals surface area contributed by atoms with Crippen molar-refractivity contribution in [3.8, 4) is 0 Å². The second-order valence-corrected chi connectivity index (χ2v) is 3.53. The largest absolute Gasteiger partial charge is 0.478 e. The van der Waals surface area contributed by atoms with Crippen LogP contribution < -0.4 is 0 Å². The standard InChI is InChI=1S/C11H13NO3/c1-8(2)12(15)7-9-3-5-10(6-4-9)11(13)14/h3-8H,1-2H3,(H-,13,14,15)/p+1/b12-7-. The van der Waals surface area contributed by atoms with E-state index in [1.807, 2.05) is 13.8 Å². The van der Waals surface area contributed by atoms with E-state index in [9.17, 15) is 10.0 Å². The van der Waals surface area contributed by atoms with E-state index < -0.39 is 5.97 Å². The van der Waals surface area contributed by atoms with Gasteiger partial charge in [0, 0.05) is 19.4 Å². The van der Waals surface area contributed by atoms with Crippen molar-refractivity contribution < 1.29 is 19.8 Å². The maximum Gasteiger partial charge on any atom is 0.335 e. The van der Waals surface area contributed by atoms with Gasteiger partial charge in [-0.25, -0.2) is 4.79 Å². The maximum atomic E-state index is 10.6. The van der Waals surface area contributed by atoms with Crippen LogP contribution in [0.25, 0.3) is 0 Å². The van der Waals surface area contributed by atoms with Crippen molar-refractivity contribution >= 4 is 12.2 Å². The second kappa shape index (κ2) is 4.59. The molecule has 0 radical (unpaired) electrons. The molecule has 0 bridgehead atoms. The van der Waals surface area contributed by atoms with Gasteiger partial charge in [-0.15, -0.1) is 0 Å². The Labute approximate surface area is 88.1 Å². The molecule has 1 aromatic carbocycles. The molecule has 0 aliphatic rings. The van der Waals surface area contributed by atoms with Crippen LogP contribution in [0.1, 0.15) is 29.8 Å². The van der Waals surface area contributed by atoms with Gasteiger partial charge in [0.1, 0.15) is 0 Å². The van der Waals surface area contributed by atoms with Gasteiger partial charge in [-0.1, -0.05) is 0 Å². The first-order valence-corrected chi connectivity index (χ1v) is 4.66. The molecule has 4 nitrogen and oxygen atoms in total. The number of carboxylic acid groups (broad SMARTS) is 1. The average molecular weight is 208 g/mol. The molecule has 0 fully saturated rings. The highest BCUT2D eigenvalue weighted by Gasteiger charge is 2.07. The fraction of sp³-hybridized carbons (Fsp3) is 0.273. The molecule has 1 rings (SSSR count). The summed E-state index contributed by atoms with van der Waals surface area (Å²) >= 11 is 0. The van der Waals surface area contributed by atoms with Crippen LogP contribution in [0.4, 0.5) is 0 Å². The summed E-state index contributed by atoms with van der Waals surface area (Å²) in [7, 11) is 0. The molecule has 0 atom stereocenters. The molecule has 0 saturated heterocycles. The van der Waals surface area contributed by atoms with Gasteiger partial charge in [-0.05, 0) is 29.0 Å². The Morgan fingerprint density at radius 3 is 2.27 bits per heavy atom. The van der Waals surface area contributed by atoms with E-state index in [4.69, 9.17) is 5.11 Å². The van der Waals surface area contributed by atoms with E-state index in [-0.39, 0.29) is 11.6 Å². The summed E-state index contributed by atoms with van der Waals surface area (Å²) in [5, 5.41) is 18.1. The topological polar surface area (TPSA) is 60.5 Å². The van der Waals surface area contributed by atoms with Crippen molar-refractivity contribution in [2.75, 3.05) is 0 Å². The van der Waals surface area contributed by atoms with Gasteiger partial charge in [0.15, 0.2) is 6.04 Å². The highest BCUT2D eigenvalue weighted by molar-refractivity contribution is 5.88. The second-order valence-electron chi connectivity index (χ2n) is 3.53. The zero-order chi connectivity index (χ0) is 11.4. The van der Waals surface area contributed by atoms with Gasteiger partial charge in [-0.2, -0.15) is 0 Å². The summed E-state index contributed by atoms with van der Waals surface area (Å²) in [5.74, 6) is -0.953. The molecule has 0 aliphatic heterocycles. The lowest BCUT2D eigenvalue weighted by Crippen LogP contribution is -2.17. The van der Waals surface area contributed by atoms with Crippen LogP contribution in [0.5, 0.6) is 0 Å². The fourth-order valence-corrected chi connectivity index (χ4v) is 1.01. The third kappa shape index (κ3) is 3.09. The van der Waals surface area contributed by atoms with E-state index in [0.717, 1.165) is 10.3 Å². The Morgan fingerprint density at radius 1 is 1.33 bits per heavy atom. The minimum Gasteiger partial charge on any atom is -0.478 e. The van der Waals surface area contributed by atoms with Gasteiger partial charge in [0.2, 0.25) is 6.21 Å². The Hall–Kier alpha value is -1.84. The highest BCUT2D eigenvalue weighted by Crippen LogP contribution is 2.02. The molecule has 0 amide bonds. The van der Waals surface area contributed by atoms with Crippen LogP contribution in [-0.2, 0) is 0 Å². The Balaban J connectivity index is 2.90. The first kappa shape index (κ1) is 11.2. The predicted molar refractivity (Wildman–Crippen MR) is 55.8 cm³/mol. The minimum atomic E-state index is -0.953. The van der Waals surface area contributed by atoms with Gasteiger partial charge in [0.05, 0.1) is 5.56 Å². The van der Waals surface area contributed by atoms with Crippen molar-refractivity contribution in [3.63, 3.8) is 0 Å². The molecule has 0 saturated carbocycles. The first-order chi connectivity index (χ1) is 7.00. The molecule has 15 heavy (non-hydrogen) atoms. The van der Waals surface area contributed by atoms with E-state index in [1.54, 1.807) is 18.3 Å². The summed E-state index contributed by atoms with van der Waals surface area (Å²) in [6, 6.07) is 6.29. The zero-order valence-electron chi connectivity index (χ0n) is 8.71. The summed E-state index contributed by atoms with van der Waals surface area (Å²) in [5.41, 5.74) is 0.998. The number of rotatable bonds is 3. The maximum absolute atomic E-state index is 10.6. The van der Waals surface area contributed by atoms with E-state index in [0.29, 0.717) is 0 Å². The predicted octanol–water partition coefficient (Wildman–Crippen LogP) is 1.61. The van der Waals surface area contributed by atoms with Gasteiger partial charge in [-0.3, -0.25) is 5.21 Å². The third-order valence-corrected chi connectivity index (χ3v) is 1.97. The lowest BCUT2D eigenvalue weighted by molar-refractivity contribution is -0.791. The van der Waals surface area contributed by atoms with Gasteiger partial charge >= 0.3 is 5.97 Å². The smallest absolute Gasteiger partial charge is 0.335 e. The fourth-order valence-electron chi connectivity index (χ4n) is 1.01. The molecule has 1 aromatic rings. The molecule has 0 unspecified atom stereocenters. The molecule has 4 heteroatoms. The molecule has 0 spiro atoms. The molecule has 0 aromatic heterocycles. The van der Waals surface area contributed by atoms with Crippen molar-refractivity contribution in [2.24, 2.45) is 0 Å². The zero-order valence-corrected chi connectivity index (χ0v) is 8.71. The number of hydroxylamine groups is 1. The molecule has 80 valence electrons. The van der Waals surface area contributed by atoms with Crippen molar-refractivity contribution in [1.29, 1.82) is 0 Å². The lowest BCUT2D eigenvalue weighted by Gasteiger charge is -1.97. The summed E-state index contributed by atoms with van der Waals surface area (Å²) in [4.78, 5) is 10.6. The average Bonchev–Trinajstić information content (AvgIpc) is 2.18. The SMILES string of the molecule is CC(C)/[N+](O)=C/c1ccc(C(=O)O)cc1. The molecule has 0 heterocycles. The third-order valence-electron chi connectivity index (χ3n) is 1.97. The van der Waals surface area contributed by atoms with Crippen LogP contribution in [-0.4, -0.2) is 33.3 Å². The summed E-state index contributed by atoms with van der Waals surface area (Å²) in [6.45, 7) is 3.70. The first-order valence-electron chi connectivity index (χ1n) is 4.66. The number of hydrogen-bond donors (Lipinski definition) is 2. The normalized spacial score (nSPS) is 11.8. The van der Waals surface area contributed by atoms with Crippen LogP contribution in [0, 0.1) is 0 Å².